The Labute approximate surface area is 138 Å². The number of fused-ring (bicyclic) bond motifs is 1. The van der Waals surface area contributed by atoms with Crippen LogP contribution in [0.15, 0.2) is 12.4 Å². The molecule has 0 aliphatic carbocycles. The zero-order valence-corrected chi connectivity index (χ0v) is 14.7. The summed E-state index contributed by atoms with van der Waals surface area (Å²) in [6.45, 7) is 11.7. The molecule has 2 aromatic rings. The number of H-pyrrole nitrogens is 1. The van der Waals surface area contributed by atoms with E-state index in [4.69, 9.17) is 4.98 Å². The Morgan fingerprint density at radius 2 is 2.09 bits per heavy atom. The van der Waals surface area contributed by atoms with Gasteiger partial charge in [0, 0.05) is 66.6 Å². The molecule has 0 spiro atoms. The highest BCUT2D eigenvalue weighted by Gasteiger charge is 2.23. The molecule has 3 heterocycles. The van der Waals surface area contributed by atoms with Gasteiger partial charge in [-0.05, 0) is 6.42 Å². The number of rotatable bonds is 4. The van der Waals surface area contributed by atoms with Crippen molar-refractivity contribution in [1.82, 2.24) is 25.1 Å². The molecule has 2 aromatic heterocycles. The van der Waals surface area contributed by atoms with Crippen molar-refractivity contribution in [1.29, 1.82) is 0 Å². The summed E-state index contributed by atoms with van der Waals surface area (Å²) in [6.07, 6.45) is 7.08. The van der Waals surface area contributed by atoms with Crippen LogP contribution in [0.3, 0.4) is 0 Å². The fraction of sp³-hybridized carbons (Fsp3) is 0.611. The lowest BCUT2D eigenvalue weighted by Crippen LogP contribution is -2.32. The van der Waals surface area contributed by atoms with E-state index in [1.54, 1.807) is 0 Å². The van der Waals surface area contributed by atoms with Crippen molar-refractivity contribution in [3.05, 3.63) is 40.7 Å². The third-order valence-electron chi connectivity index (χ3n) is 4.40. The Morgan fingerprint density at radius 3 is 2.83 bits per heavy atom. The number of hydrogen-bond acceptors (Lipinski definition) is 4. The molecule has 0 aromatic carbocycles. The minimum atomic E-state index is 0.0949. The highest BCUT2D eigenvalue weighted by atomic mass is 15.2. The van der Waals surface area contributed by atoms with Gasteiger partial charge in [-0.3, -0.25) is 10.00 Å². The molecule has 3 rings (SSSR count). The van der Waals surface area contributed by atoms with E-state index in [-0.39, 0.29) is 5.41 Å². The first-order chi connectivity index (χ1) is 11.0. The van der Waals surface area contributed by atoms with E-state index in [1.165, 1.54) is 22.5 Å². The van der Waals surface area contributed by atoms with Gasteiger partial charge >= 0.3 is 0 Å². The van der Waals surface area contributed by atoms with Gasteiger partial charge in [0.15, 0.2) is 0 Å². The average Bonchev–Trinajstić information content (AvgIpc) is 2.96. The second kappa shape index (κ2) is 6.40. The first kappa shape index (κ1) is 16.1. The van der Waals surface area contributed by atoms with Crippen LogP contribution < -0.4 is 0 Å². The van der Waals surface area contributed by atoms with Gasteiger partial charge in [0.05, 0.1) is 6.20 Å². The van der Waals surface area contributed by atoms with Crippen LogP contribution in [0.4, 0.5) is 0 Å². The maximum Gasteiger partial charge on any atom is 0.128 e. The first-order valence-corrected chi connectivity index (χ1v) is 8.56. The zero-order valence-electron chi connectivity index (χ0n) is 14.7. The molecule has 0 radical (unpaired) electrons. The van der Waals surface area contributed by atoms with Crippen molar-refractivity contribution in [3.8, 4) is 0 Å². The lowest BCUT2D eigenvalue weighted by molar-refractivity contribution is 0.241. The predicted octanol–water partition coefficient (Wildman–Crippen LogP) is 3.01. The molecule has 1 aliphatic rings. The number of hydrogen-bond donors (Lipinski definition) is 1. The van der Waals surface area contributed by atoms with Crippen LogP contribution in [0.1, 0.15) is 62.5 Å². The summed E-state index contributed by atoms with van der Waals surface area (Å²) < 4.78 is 0. The van der Waals surface area contributed by atoms with Gasteiger partial charge in [0.1, 0.15) is 5.82 Å². The van der Waals surface area contributed by atoms with Crippen LogP contribution >= 0.6 is 0 Å². The molecular formula is C18H27N5. The number of aromatic amines is 1. The van der Waals surface area contributed by atoms with Crippen LogP contribution in [-0.4, -0.2) is 31.6 Å². The van der Waals surface area contributed by atoms with Gasteiger partial charge in [-0.15, -0.1) is 0 Å². The summed E-state index contributed by atoms with van der Waals surface area (Å²) in [6, 6.07) is 0. The number of aromatic nitrogens is 4. The third-order valence-corrected chi connectivity index (χ3v) is 4.40. The minimum absolute atomic E-state index is 0.0949. The van der Waals surface area contributed by atoms with Crippen molar-refractivity contribution in [2.75, 3.05) is 6.54 Å². The lowest BCUT2D eigenvalue weighted by Gasteiger charge is -2.29. The second-order valence-corrected chi connectivity index (χ2v) is 7.49. The van der Waals surface area contributed by atoms with Crippen molar-refractivity contribution in [2.24, 2.45) is 0 Å². The van der Waals surface area contributed by atoms with Crippen molar-refractivity contribution < 1.29 is 0 Å². The fourth-order valence-electron chi connectivity index (χ4n) is 3.22. The number of nitrogens with one attached hydrogen (secondary N) is 1. The number of nitrogens with zero attached hydrogens (tertiary/aromatic N) is 4. The zero-order chi connectivity index (χ0) is 16.4. The van der Waals surface area contributed by atoms with E-state index < -0.39 is 0 Å². The molecule has 1 aliphatic heterocycles. The smallest absolute Gasteiger partial charge is 0.128 e. The van der Waals surface area contributed by atoms with Gasteiger partial charge in [-0.25, -0.2) is 9.97 Å². The standard InChI is InChI=1S/C18H27N5/c1-5-6-16-19-9-13-11-23(8-7-15(13)21-16)12-14-10-20-22-17(14)18(2,3)4/h9-10H,5-8,11-12H2,1-4H3,(H,20,22). The van der Waals surface area contributed by atoms with Gasteiger partial charge in [-0.1, -0.05) is 27.7 Å². The molecule has 0 saturated carbocycles. The molecule has 5 heteroatoms. The normalized spacial score (nSPS) is 15.7. The predicted molar refractivity (Wildman–Crippen MR) is 91.1 cm³/mol. The molecule has 0 amide bonds. The van der Waals surface area contributed by atoms with Gasteiger partial charge in [0.2, 0.25) is 0 Å². The maximum atomic E-state index is 4.74. The molecule has 5 nitrogen and oxygen atoms in total. The fourth-order valence-corrected chi connectivity index (χ4v) is 3.22. The summed E-state index contributed by atoms with van der Waals surface area (Å²) in [5.41, 5.74) is 5.14. The summed E-state index contributed by atoms with van der Waals surface area (Å²) in [5.74, 6) is 0.990. The molecular weight excluding hydrogens is 286 g/mol. The van der Waals surface area contributed by atoms with Gasteiger partial charge in [-0.2, -0.15) is 5.10 Å². The van der Waals surface area contributed by atoms with E-state index in [0.29, 0.717) is 0 Å². The largest absolute Gasteiger partial charge is 0.294 e. The van der Waals surface area contributed by atoms with Crippen LogP contribution in [0.2, 0.25) is 0 Å². The average molecular weight is 313 g/mol. The Kier molecular flexibility index (Phi) is 4.48. The Hall–Kier alpha value is -1.75. The number of aryl methyl sites for hydroxylation is 1. The van der Waals surface area contributed by atoms with Crippen molar-refractivity contribution in [3.63, 3.8) is 0 Å². The molecule has 23 heavy (non-hydrogen) atoms. The lowest BCUT2D eigenvalue weighted by atomic mass is 9.89. The molecule has 124 valence electrons. The van der Waals surface area contributed by atoms with Gasteiger partial charge < -0.3 is 0 Å². The summed E-state index contributed by atoms with van der Waals surface area (Å²) >= 11 is 0. The van der Waals surface area contributed by atoms with Crippen LogP contribution in [0.5, 0.6) is 0 Å². The Bertz CT molecular complexity index is 668. The SMILES string of the molecule is CCCc1ncc2c(n1)CCN(Cc1cn[nH]c1C(C)(C)C)C2. The van der Waals surface area contributed by atoms with E-state index in [1.807, 2.05) is 12.4 Å². The monoisotopic (exact) mass is 313 g/mol. The topological polar surface area (TPSA) is 57.7 Å². The molecule has 0 unspecified atom stereocenters. The van der Waals surface area contributed by atoms with E-state index in [2.05, 4.69) is 47.8 Å². The highest BCUT2D eigenvalue weighted by molar-refractivity contribution is 5.25. The van der Waals surface area contributed by atoms with Crippen LogP contribution in [0.25, 0.3) is 0 Å². The van der Waals surface area contributed by atoms with Gasteiger partial charge in [0.25, 0.3) is 0 Å². The third kappa shape index (κ3) is 3.61. The minimum Gasteiger partial charge on any atom is -0.294 e. The van der Waals surface area contributed by atoms with E-state index in [0.717, 1.165) is 44.7 Å². The molecule has 1 N–H and O–H groups in total. The highest BCUT2D eigenvalue weighted by Crippen LogP contribution is 2.26. The Balaban J connectivity index is 1.72. The van der Waals surface area contributed by atoms with Crippen LogP contribution in [-0.2, 0) is 31.3 Å². The first-order valence-electron chi connectivity index (χ1n) is 8.56. The summed E-state index contributed by atoms with van der Waals surface area (Å²) in [5, 5.41) is 7.43. The molecule has 0 atom stereocenters. The summed E-state index contributed by atoms with van der Waals surface area (Å²) in [4.78, 5) is 11.7. The van der Waals surface area contributed by atoms with Crippen molar-refractivity contribution in [2.45, 2.75) is 65.5 Å². The molecule has 0 saturated heterocycles. The quantitative estimate of drug-likeness (QED) is 0.942. The molecule has 0 bridgehead atoms. The molecule has 0 fully saturated rings. The van der Waals surface area contributed by atoms with Crippen LogP contribution in [0, 0.1) is 0 Å². The van der Waals surface area contributed by atoms with E-state index >= 15 is 0 Å². The van der Waals surface area contributed by atoms with Crippen molar-refractivity contribution >= 4 is 0 Å². The Morgan fingerprint density at radius 1 is 1.26 bits per heavy atom. The maximum absolute atomic E-state index is 4.74. The second-order valence-electron chi connectivity index (χ2n) is 7.49. The van der Waals surface area contributed by atoms with E-state index in [9.17, 15) is 0 Å². The summed E-state index contributed by atoms with van der Waals surface area (Å²) in [7, 11) is 0.